The van der Waals surface area contributed by atoms with Gasteiger partial charge in [0.2, 0.25) is 0 Å². The van der Waals surface area contributed by atoms with E-state index in [1.807, 2.05) is 0 Å². The van der Waals surface area contributed by atoms with Crippen molar-refractivity contribution in [3.8, 4) is 0 Å². The van der Waals surface area contributed by atoms with Crippen molar-refractivity contribution in [2.45, 2.75) is 35.5 Å². The van der Waals surface area contributed by atoms with Crippen molar-refractivity contribution in [2.24, 2.45) is 11.8 Å². The van der Waals surface area contributed by atoms with E-state index in [-0.39, 0.29) is 12.8 Å². The molecule has 0 aromatic rings. The Labute approximate surface area is 96.5 Å². The number of hydrogen-bond donors (Lipinski definition) is 0. The van der Waals surface area contributed by atoms with E-state index in [1.165, 1.54) is 0 Å². The third kappa shape index (κ3) is 3.67. The average molecular weight is 346 g/mol. The van der Waals surface area contributed by atoms with Gasteiger partial charge in [-0.15, -0.1) is 0 Å². The predicted molar refractivity (Wildman–Crippen MR) is 50.7 cm³/mol. The Balaban J connectivity index is 2.73. The van der Waals surface area contributed by atoms with Gasteiger partial charge < -0.3 is 0 Å². The molecule has 0 aromatic heterocycles. The molecule has 0 radical (unpaired) electrons. The van der Waals surface area contributed by atoms with Gasteiger partial charge in [0, 0.05) is 3.92 Å². The maximum atomic E-state index is 12.3. The molecule has 15 heavy (non-hydrogen) atoms. The summed E-state index contributed by atoms with van der Waals surface area (Å²) in [6.07, 6.45) is -10.2. The van der Waals surface area contributed by atoms with Crippen LogP contribution in [0.25, 0.3) is 0 Å². The quantitative estimate of drug-likeness (QED) is 0.348. The first-order valence-corrected chi connectivity index (χ1v) is 5.62. The van der Waals surface area contributed by atoms with Crippen molar-refractivity contribution in [1.82, 2.24) is 0 Å². The molecule has 0 aliphatic heterocycles. The van der Waals surface area contributed by atoms with Gasteiger partial charge in [0.1, 0.15) is 0 Å². The molecule has 7 heteroatoms. The fourth-order valence-electron chi connectivity index (χ4n) is 1.78. The van der Waals surface area contributed by atoms with E-state index in [4.69, 9.17) is 0 Å². The highest BCUT2D eigenvalue weighted by molar-refractivity contribution is 14.1. The molecule has 0 spiro atoms. The van der Waals surface area contributed by atoms with Crippen LogP contribution in [0.3, 0.4) is 0 Å². The van der Waals surface area contributed by atoms with E-state index in [9.17, 15) is 26.3 Å². The highest BCUT2D eigenvalue weighted by Gasteiger charge is 2.51. The Morgan fingerprint density at radius 1 is 0.733 bits per heavy atom. The van der Waals surface area contributed by atoms with Crippen LogP contribution in [-0.2, 0) is 0 Å². The minimum Gasteiger partial charge on any atom is -0.171 e. The standard InChI is InChI=1S/C8H9F6I/c9-7(10,11)4-1-5(8(12,13)14)3-6(15)2-4/h4-6H,1-3H2. The summed E-state index contributed by atoms with van der Waals surface area (Å²) in [7, 11) is 0. The van der Waals surface area contributed by atoms with Crippen LogP contribution in [0.15, 0.2) is 0 Å². The normalized spacial score (nSPS) is 34.2. The Morgan fingerprint density at radius 2 is 1.07 bits per heavy atom. The topological polar surface area (TPSA) is 0 Å². The van der Waals surface area contributed by atoms with Crippen LogP contribution < -0.4 is 0 Å². The third-order valence-corrected chi connectivity index (χ3v) is 3.59. The van der Waals surface area contributed by atoms with E-state index in [0.29, 0.717) is 0 Å². The molecule has 2 atom stereocenters. The molecule has 0 N–H and O–H groups in total. The molecule has 1 rings (SSSR count). The van der Waals surface area contributed by atoms with Crippen LogP contribution in [0.1, 0.15) is 19.3 Å². The lowest BCUT2D eigenvalue weighted by Gasteiger charge is -2.34. The van der Waals surface area contributed by atoms with Gasteiger partial charge in [-0.25, -0.2) is 0 Å². The van der Waals surface area contributed by atoms with Crippen LogP contribution in [0.2, 0.25) is 0 Å². The number of rotatable bonds is 0. The van der Waals surface area contributed by atoms with Crippen molar-refractivity contribution < 1.29 is 26.3 Å². The van der Waals surface area contributed by atoms with Crippen molar-refractivity contribution >= 4 is 22.6 Å². The first kappa shape index (κ1) is 13.4. The second-order valence-electron chi connectivity index (χ2n) is 3.78. The minimum atomic E-state index is -4.51. The summed E-state index contributed by atoms with van der Waals surface area (Å²) >= 11 is 1.67. The lowest BCUT2D eigenvalue weighted by atomic mass is 9.80. The molecule has 2 unspecified atom stereocenters. The van der Waals surface area contributed by atoms with Gasteiger partial charge in [-0.05, 0) is 19.3 Å². The molecule has 0 aromatic carbocycles. The summed E-state index contributed by atoms with van der Waals surface area (Å²) in [4.78, 5) is 0. The summed E-state index contributed by atoms with van der Waals surface area (Å²) < 4.78 is 73.3. The second-order valence-corrected chi connectivity index (χ2v) is 5.54. The molecule has 90 valence electrons. The molecular weight excluding hydrogens is 337 g/mol. The van der Waals surface area contributed by atoms with Gasteiger partial charge in [-0.1, -0.05) is 22.6 Å². The van der Waals surface area contributed by atoms with Gasteiger partial charge in [0.05, 0.1) is 11.8 Å². The SMILES string of the molecule is FC(F)(F)C1CC(I)CC(C(F)(F)F)C1. The van der Waals surface area contributed by atoms with Crippen LogP contribution in [0.5, 0.6) is 0 Å². The highest BCUT2D eigenvalue weighted by atomic mass is 127. The molecule has 1 fully saturated rings. The number of hydrogen-bond acceptors (Lipinski definition) is 0. The molecule has 0 nitrogen and oxygen atoms in total. The maximum absolute atomic E-state index is 12.3. The lowest BCUT2D eigenvalue weighted by molar-refractivity contribution is -0.220. The molecular formula is C8H9F6I. The lowest BCUT2D eigenvalue weighted by Crippen LogP contribution is -2.38. The van der Waals surface area contributed by atoms with Gasteiger partial charge in [0.25, 0.3) is 0 Å². The van der Waals surface area contributed by atoms with Crippen LogP contribution in [0.4, 0.5) is 26.3 Å². The average Bonchev–Trinajstić information content (AvgIpc) is 1.99. The second kappa shape index (κ2) is 4.29. The van der Waals surface area contributed by atoms with Gasteiger partial charge in [0.15, 0.2) is 0 Å². The van der Waals surface area contributed by atoms with Crippen LogP contribution in [0, 0.1) is 11.8 Å². The van der Waals surface area contributed by atoms with Crippen LogP contribution >= 0.6 is 22.6 Å². The molecule has 0 amide bonds. The number of halogens is 7. The van der Waals surface area contributed by atoms with Gasteiger partial charge in [-0.3, -0.25) is 0 Å². The largest absolute Gasteiger partial charge is 0.391 e. The van der Waals surface area contributed by atoms with Crippen molar-refractivity contribution in [3.63, 3.8) is 0 Å². The predicted octanol–water partition coefficient (Wildman–Crippen LogP) is 4.33. The van der Waals surface area contributed by atoms with E-state index >= 15 is 0 Å². The fraction of sp³-hybridized carbons (Fsp3) is 1.00. The van der Waals surface area contributed by atoms with Crippen LogP contribution in [-0.4, -0.2) is 16.3 Å². The zero-order chi connectivity index (χ0) is 11.9. The van der Waals surface area contributed by atoms with Crippen molar-refractivity contribution in [2.75, 3.05) is 0 Å². The highest BCUT2D eigenvalue weighted by Crippen LogP contribution is 2.47. The Hall–Kier alpha value is 0.310. The molecule has 1 aliphatic rings. The Kier molecular flexibility index (Phi) is 3.83. The number of alkyl halides is 7. The van der Waals surface area contributed by atoms with E-state index in [2.05, 4.69) is 0 Å². The van der Waals surface area contributed by atoms with Crippen molar-refractivity contribution in [1.29, 1.82) is 0 Å². The smallest absolute Gasteiger partial charge is 0.171 e. The van der Waals surface area contributed by atoms with E-state index in [0.717, 1.165) is 0 Å². The zero-order valence-corrected chi connectivity index (χ0v) is 9.66. The Bertz CT molecular complexity index is 198. The maximum Gasteiger partial charge on any atom is 0.391 e. The first-order chi connectivity index (χ1) is 6.60. The van der Waals surface area contributed by atoms with Crippen molar-refractivity contribution in [3.05, 3.63) is 0 Å². The Morgan fingerprint density at radius 3 is 1.33 bits per heavy atom. The summed E-state index contributed by atoms with van der Waals surface area (Å²) in [5.41, 5.74) is 0. The molecule has 0 saturated heterocycles. The third-order valence-electron chi connectivity index (χ3n) is 2.58. The first-order valence-electron chi connectivity index (χ1n) is 4.38. The monoisotopic (exact) mass is 346 g/mol. The molecule has 1 aliphatic carbocycles. The van der Waals surface area contributed by atoms with Gasteiger partial charge >= 0.3 is 12.4 Å². The zero-order valence-electron chi connectivity index (χ0n) is 7.50. The van der Waals surface area contributed by atoms with E-state index < -0.39 is 34.5 Å². The van der Waals surface area contributed by atoms with Gasteiger partial charge in [-0.2, -0.15) is 26.3 Å². The summed E-state index contributed by atoms with van der Waals surface area (Å²) in [5.74, 6) is -3.61. The molecule has 0 heterocycles. The summed E-state index contributed by atoms with van der Waals surface area (Å²) in [6, 6.07) is 0. The summed E-state index contributed by atoms with van der Waals surface area (Å²) in [6.45, 7) is 0. The summed E-state index contributed by atoms with van der Waals surface area (Å²) in [5, 5.41) is 0. The molecule has 0 bridgehead atoms. The van der Waals surface area contributed by atoms with E-state index in [1.54, 1.807) is 22.6 Å². The fourth-order valence-corrected chi connectivity index (χ4v) is 3.01. The minimum absolute atomic E-state index is 0.198. The molecule has 1 saturated carbocycles.